The van der Waals surface area contributed by atoms with Crippen LogP contribution >= 0.6 is 0 Å². The predicted octanol–water partition coefficient (Wildman–Crippen LogP) is 2.90. The minimum absolute atomic E-state index is 0.332. The van der Waals surface area contributed by atoms with E-state index >= 15 is 0 Å². The fourth-order valence-electron chi connectivity index (χ4n) is 2.62. The molecule has 1 atom stereocenters. The van der Waals surface area contributed by atoms with E-state index in [0.29, 0.717) is 16.8 Å². The van der Waals surface area contributed by atoms with Crippen LogP contribution in [0.2, 0.25) is 0 Å². The van der Waals surface area contributed by atoms with Gasteiger partial charge in [0.1, 0.15) is 11.4 Å². The van der Waals surface area contributed by atoms with Crippen LogP contribution in [-0.2, 0) is 5.66 Å². The van der Waals surface area contributed by atoms with E-state index in [1.165, 1.54) is 18.2 Å². The van der Waals surface area contributed by atoms with Gasteiger partial charge in [-0.05, 0) is 30.5 Å². The monoisotopic (exact) mass is 321 g/mol. The van der Waals surface area contributed by atoms with Crippen molar-refractivity contribution in [1.82, 2.24) is 5.32 Å². The molecular formula is C16H14F3N3O. The lowest BCUT2D eigenvalue weighted by atomic mass is 9.86. The van der Waals surface area contributed by atoms with E-state index in [9.17, 15) is 13.2 Å². The summed E-state index contributed by atoms with van der Waals surface area (Å²) in [7, 11) is 0. The zero-order valence-electron chi connectivity index (χ0n) is 11.9. The van der Waals surface area contributed by atoms with Crippen LogP contribution in [0.4, 0.5) is 18.9 Å². The Kier molecular flexibility index (Phi) is 3.45. The molecule has 1 heterocycles. The number of ether oxygens (including phenoxy) is 1. The lowest BCUT2D eigenvalue weighted by Crippen LogP contribution is -2.50. The van der Waals surface area contributed by atoms with Crippen molar-refractivity contribution in [1.29, 1.82) is 0 Å². The van der Waals surface area contributed by atoms with Crippen LogP contribution in [0.1, 0.15) is 16.7 Å². The summed E-state index contributed by atoms with van der Waals surface area (Å²) in [5.41, 5.74) is 13.5. The van der Waals surface area contributed by atoms with Gasteiger partial charge in [0.05, 0.1) is 0 Å². The number of halogens is 3. The van der Waals surface area contributed by atoms with Crippen molar-refractivity contribution in [2.24, 2.45) is 5.73 Å². The molecule has 0 spiro atoms. The standard InChI is InChI=1S/C16H14F3N3O/c17-16(18,19)23-11-4-1-3-10(9-11)15(21)13-5-2-6-14(20)12(13)7-8-22-15/h1-9,22H,20-21H2. The van der Waals surface area contributed by atoms with Crippen LogP contribution in [0, 0.1) is 0 Å². The summed E-state index contributed by atoms with van der Waals surface area (Å²) in [5, 5.41) is 2.99. The molecule has 1 unspecified atom stereocenters. The molecule has 5 N–H and O–H groups in total. The molecule has 0 radical (unpaired) electrons. The summed E-state index contributed by atoms with van der Waals surface area (Å²) in [5.74, 6) is -0.332. The number of anilines is 1. The van der Waals surface area contributed by atoms with Gasteiger partial charge in [-0.1, -0.05) is 24.3 Å². The Balaban J connectivity index is 2.07. The molecule has 2 aromatic rings. The number of alkyl halides is 3. The molecule has 4 nitrogen and oxygen atoms in total. The first-order valence-corrected chi connectivity index (χ1v) is 6.78. The van der Waals surface area contributed by atoms with Crippen LogP contribution in [-0.4, -0.2) is 6.36 Å². The Labute approximate surface area is 130 Å². The first-order valence-electron chi connectivity index (χ1n) is 6.78. The molecule has 0 saturated heterocycles. The molecule has 23 heavy (non-hydrogen) atoms. The molecule has 0 aliphatic carbocycles. The summed E-state index contributed by atoms with van der Waals surface area (Å²) < 4.78 is 41.2. The lowest BCUT2D eigenvalue weighted by Gasteiger charge is -2.35. The van der Waals surface area contributed by atoms with Crippen LogP contribution in [0.25, 0.3) is 6.08 Å². The second-order valence-electron chi connectivity index (χ2n) is 5.17. The van der Waals surface area contributed by atoms with E-state index in [2.05, 4.69) is 10.1 Å². The van der Waals surface area contributed by atoms with Crippen molar-refractivity contribution in [3.8, 4) is 5.75 Å². The largest absolute Gasteiger partial charge is 0.573 e. The summed E-state index contributed by atoms with van der Waals surface area (Å²) in [6.45, 7) is 0. The Hall–Kier alpha value is -2.67. The topological polar surface area (TPSA) is 73.3 Å². The van der Waals surface area contributed by atoms with Crippen molar-refractivity contribution in [2.45, 2.75) is 12.0 Å². The second-order valence-corrected chi connectivity index (χ2v) is 5.17. The minimum atomic E-state index is -4.76. The van der Waals surface area contributed by atoms with Gasteiger partial charge in [-0.25, -0.2) is 0 Å². The van der Waals surface area contributed by atoms with Gasteiger partial charge in [-0.2, -0.15) is 0 Å². The maximum atomic E-state index is 12.4. The van der Waals surface area contributed by atoms with Gasteiger partial charge in [0.2, 0.25) is 0 Å². The van der Waals surface area contributed by atoms with Gasteiger partial charge in [-0.3, -0.25) is 0 Å². The quantitative estimate of drug-likeness (QED) is 0.744. The maximum Gasteiger partial charge on any atom is 0.573 e. The molecule has 120 valence electrons. The molecule has 2 aromatic carbocycles. The fourth-order valence-corrected chi connectivity index (χ4v) is 2.62. The smallest absolute Gasteiger partial charge is 0.406 e. The van der Waals surface area contributed by atoms with E-state index in [0.717, 1.165) is 5.56 Å². The third-order valence-electron chi connectivity index (χ3n) is 3.65. The second kappa shape index (κ2) is 5.20. The van der Waals surface area contributed by atoms with Crippen LogP contribution < -0.4 is 21.5 Å². The van der Waals surface area contributed by atoms with Crippen molar-refractivity contribution < 1.29 is 17.9 Å². The molecule has 0 saturated carbocycles. The molecule has 0 aromatic heterocycles. The summed E-state index contributed by atoms with van der Waals surface area (Å²) >= 11 is 0. The molecule has 1 aliphatic rings. The van der Waals surface area contributed by atoms with Gasteiger partial charge in [-0.15, -0.1) is 13.2 Å². The Morgan fingerprint density at radius 2 is 1.83 bits per heavy atom. The van der Waals surface area contributed by atoms with E-state index < -0.39 is 12.0 Å². The lowest BCUT2D eigenvalue weighted by molar-refractivity contribution is -0.274. The zero-order chi connectivity index (χ0) is 16.7. The minimum Gasteiger partial charge on any atom is -0.406 e. The Bertz CT molecular complexity index is 773. The van der Waals surface area contributed by atoms with Gasteiger partial charge in [0, 0.05) is 22.4 Å². The zero-order valence-corrected chi connectivity index (χ0v) is 11.9. The highest BCUT2D eigenvalue weighted by Crippen LogP contribution is 2.35. The number of nitrogens with two attached hydrogens (primary N) is 2. The first-order chi connectivity index (χ1) is 10.8. The third-order valence-corrected chi connectivity index (χ3v) is 3.65. The Morgan fingerprint density at radius 3 is 2.57 bits per heavy atom. The SMILES string of the molecule is Nc1cccc2c1C=CNC2(N)c1cccc(OC(F)(F)F)c1. The molecule has 7 heteroatoms. The van der Waals surface area contributed by atoms with Crippen molar-refractivity contribution in [3.05, 3.63) is 65.4 Å². The summed E-state index contributed by atoms with van der Waals surface area (Å²) in [6.07, 6.45) is -1.37. The van der Waals surface area contributed by atoms with E-state index in [1.807, 2.05) is 0 Å². The van der Waals surface area contributed by atoms with Crippen molar-refractivity contribution in [3.63, 3.8) is 0 Å². The summed E-state index contributed by atoms with van der Waals surface area (Å²) in [6, 6.07) is 10.8. The average Bonchev–Trinajstić information content (AvgIpc) is 2.47. The molecule has 0 fully saturated rings. The van der Waals surface area contributed by atoms with E-state index in [-0.39, 0.29) is 5.75 Å². The van der Waals surface area contributed by atoms with E-state index in [4.69, 9.17) is 11.5 Å². The van der Waals surface area contributed by atoms with Crippen LogP contribution in [0.5, 0.6) is 5.75 Å². The Morgan fingerprint density at radius 1 is 1.09 bits per heavy atom. The number of hydrogen-bond donors (Lipinski definition) is 3. The molecule has 0 amide bonds. The summed E-state index contributed by atoms with van der Waals surface area (Å²) in [4.78, 5) is 0. The first kappa shape index (κ1) is 15.2. The highest BCUT2D eigenvalue weighted by atomic mass is 19.4. The number of hydrogen-bond acceptors (Lipinski definition) is 4. The van der Waals surface area contributed by atoms with Crippen LogP contribution in [0.15, 0.2) is 48.7 Å². The predicted molar refractivity (Wildman–Crippen MR) is 81.1 cm³/mol. The number of nitrogens with one attached hydrogen (secondary N) is 1. The molecular weight excluding hydrogens is 307 g/mol. The van der Waals surface area contributed by atoms with Gasteiger partial charge in [0.25, 0.3) is 0 Å². The number of rotatable bonds is 2. The maximum absolute atomic E-state index is 12.4. The van der Waals surface area contributed by atoms with Gasteiger partial charge in [0.15, 0.2) is 0 Å². The third kappa shape index (κ3) is 2.83. The average molecular weight is 321 g/mol. The number of nitrogen functional groups attached to an aromatic ring is 1. The van der Waals surface area contributed by atoms with Gasteiger partial charge >= 0.3 is 6.36 Å². The highest BCUT2D eigenvalue weighted by molar-refractivity contribution is 5.71. The van der Waals surface area contributed by atoms with Gasteiger partial charge < -0.3 is 21.5 Å². The normalized spacial score (nSPS) is 19.8. The van der Waals surface area contributed by atoms with E-state index in [1.54, 1.807) is 36.5 Å². The number of benzene rings is 2. The van der Waals surface area contributed by atoms with Crippen LogP contribution in [0.3, 0.4) is 0 Å². The molecule has 1 aliphatic heterocycles. The number of fused-ring (bicyclic) bond motifs is 1. The highest BCUT2D eigenvalue weighted by Gasteiger charge is 2.35. The van der Waals surface area contributed by atoms with Crippen molar-refractivity contribution >= 4 is 11.8 Å². The van der Waals surface area contributed by atoms with Crippen molar-refractivity contribution in [2.75, 3.05) is 5.73 Å². The molecule has 0 bridgehead atoms. The molecule has 3 rings (SSSR count). The fraction of sp³-hybridized carbons (Fsp3) is 0.125.